The van der Waals surface area contributed by atoms with Gasteiger partial charge in [0, 0.05) is 27.3 Å². The first-order chi connectivity index (χ1) is 12.6. The molecule has 8 atom stereocenters. The van der Waals surface area contributed by atoms with Crippen LogP contribution in [0.2, 0.25) is 0 Å². The number of aliphatic hydroxyl groups excluding tert-OH is 8. The van der Waals surface area contributed by atoms with Crippen LogP contribution in [-0.4, -0.2) is 141 Å². The second-order valence-electron chi connectivity index (χ2n) is 5.02. The van der Waals surface area contributed by atoms with Crippen molar-refractivity contribution in [2.75, 3.05) is 0 Å². The first-order valence-electron chi connectivity index (χ1n) is 6.85. The molecule has 0 aromatic heterocycles. The quantitative estimate of drug-likeness (QED) is 0.105. The van der Waals surface area contributed by atoms with Crippen LogP contribution in [0.4, 0.5) is 0 Å². The van der Waals surface area contributed by atoms with E-state index in [2.05, 4.69) is 0 Å². The largest absolute Gasteiger partial charge is 0.547 e. The maximum absolute atomic E-state index is 9.96. The zero-order chi connectivity index (χ0) is 22.9. The predicted octanol–water partition coefficient (Wildman–Crippen LogP) is -12.5. The van der Waals surface area contributed by atoms with E-state index in [1.807, 2.05) is 0 Å². The molecule has 0 aliphatic heterocycles. The van der Waals surface area contributed by atoms with Gasteiger partial charge in [0.25, 0.3) is 0 Å². The van der Waals surface area contributed by atoms with Crippen molar-refractivity contribution in [1.29, 1.82) is 0 Å². The molecule has 17 heteroatoms. The summed E-state index contributed by atoms with van der Waals surface area (Å²) in [5, 5.41) is 109. The summed E-state index contributed by atoms with van der Waals surface area (Å²) in [6, 6.07) is 0. The Hall–Kier alpha value is -1.52. The normalized spacial score (nSPS) is 18.8. The van der Waals surface area contributed by atoms with Crippen LogP contribution in [0.1, 0.15) is 0 Å². The Morgan fingerprint density at radius 2 is 0.517 bits per heavy atom. The van der Waals surface area contributed by atoms with Crippen LogP contribution in [-0.2, 0) is 19.2 Å². The molecule has 0 bridgehead atoms. The summed E-state index contributed by atoms with van der Waals surface area (Å²) in [6.45, 7) is 0. The molecule has 16 nitrogen and oxygen atoms in total. The summed E-state index contributed by atoms with van der Waals surface area (Å²) in [6.07, 6.45) is -19.5. The Morgan fingerprint density at radius 3 is 0.586 bits per heavy atom. The molecule has 0 unspecified atom stereocenters. The molecule has 0 fully saturated rings. The topological polar surface area (TPSA) is 322 Å². The Kier molecular flexibility index (Phi) is 16.0. The van der Waals surface area contributed by atoms with Gasteiger partial charge in [-0.2, -0.15) is 0 Å². The monoisotopic (exact) mass is 624 g/mol. The fourth-order valence-corrected chi connectivity index (χ4v) is 1.30. The summed E-state index contributed by atoms with van der Waals surface area (Å²) >= 11 is 0. The van der Waals surface area contributed by atoms with Gasteiger partial charge < -0.3 is 80.5 Å². The minimum atomic E-state index is -2.50. The van der Waals surface area contributed by atoms with Gasteiger partial charge in [0.05, 0.1) is 23.9 Å². The number of aliphatic carboxylic acids is 4. The molecule has 0 amide bonds. The molecule has 0 saturated carbocycles. The van der Waals surface area contributed by atoms with Crippen molar-refractivity contribution in [2.45, 2.75) is 48.8 Å². The van der Waals surface area contributed by atoms with Gasteiger partial charge in [-0.1, -0.05) is 0 Å². The second-order valence-corrected chi connectivity index (χ2v) is 5.02. The molecule has 4 radical (unpaired) electrons. The summed E-state index contributed by atoms with van der Waals surface area (Å²) in [5.41, 5.74) is 0. The number of carboxylic acids is 4. The molecule has 0 aliphatic carbocycles. The minimum absolute atomic E-state index is 0. The third-order valence-corrected chi connectivity index (χ3v) is 2.96. The number of carbonyl (C=O) groups excluding carboxylic acids is 4. The van der Waals surface area contributed by atoms with Gasteiger partial charge in [0.15, 0.2) is 0 Å². The van der Waals surface area contributed by atoms with Crippen molar-refractivity contribution in [3.05, 3.63) is 0 Å². The van der Waals surface area contributed by atoms with Gasteiger partial charge in [0.1, 0.15) is 48.8 Å². The van der Waals surface area contributed by atoms with E-state index >= 15 is 0 Å². The van der Waals surface area contributed by atoms with Crippen LogP contribution in [0.3, 0.4) is 0 Å². The van der Waals surface area contributed by atoms with E-state index in [-0.39, 0.29) is 27.3 Å². The third kappa shape index (κ3) is 10.7. The van der Waals surface area contributed by atoms with Crippen molar-refractivity contribution in [3.63, 3.8) is 0 Å². The van der Waals surface area contributed by atoms with Crippen molar-refractivity contribution in [1.82, 2.24) is 0 Å². The standard InChI is InChI=1S/2C6H10O8.Pb/c2*7-1(3(9)5(11)12)2(8)4(10)6(13)14;/h2*1-4,7-10H,(H,11,12)(H,13,14);/p-4/t2*1-,2-,3-,4+;/m00./s1. The van der Waals surface area contributed by atoms with E-state index in [1.165, 1.54) is 0 Å². The van der Waals surface area contributed by atoms with Crippen molar-refractivity contribution in [2.24, 2.45) is 0 Å². The van der Waals surface area contributed by atoms with Crippen LogP contribution >= 0.6 is 0 Å². The fourth-order valence-electron chi connectivity index (χ4n) is 1.30. The molecule has 0 aromatic rings. The molecule has 0 heterocycles. The zero-order valence-corrected chi connectivity index (χ0v) is 17.8. The third-order valence-electron chi connectivity index (χ3n) is 2.96. The molecular formula is C12H16O16Pb-4. The summed E-state index contributed by atoms with van der Waals surface area (Å²) in [4.78, 5) is 39.8. The SMILES string of the molecule is O=C([O-])[C@@H](O)[C@@H](O)[C@H](O)[C@@H](O)C(=O)[O-].O=C([O-])[C@@H](O)[C@@H](O)[C@H](O)[C@@H](O)C(=O)[O-].[Pb]. The molecule has 168 valence electrons. The number of hydrogen-bond acceptors (Lipinski definition) is 16. The van der Waals surface area contributed by atoms with E-state index in [0.717, 1.165) is 0 Å². The van der Waals surface area contributed by atoms with E-state index < -0.39 is 72.7 Å². The predicted molar refractivity (Wildman–Crippen MR) is 73.8 cm³/mol. The number of carbonyl (C=O) groups is 4. The van der Waals surface area contributed by atoms with Crippen LogP contribution < -0.4 is 20.4 Å². The summed E-state index contributed by atoms with van der Waals surface area (Å²) in [5.74, 6) is -8.44. The van der Waals surface area contributed by atoms with Crippen molar-refractivity contribution >= 4 is 51.2 Å². The van der Waals surface area contributed by atoms with Crippen molar-refractivity contribution < 1.29 is 80.5 Å². The van der Waals surface area contributed by atoms with Crippen LogP contribution in [0, 0.1) is 0 Å². The van der Waals surface area contributed by atoms with E-state index in [0.29, 0.717) is 0 Å². The van der Waals surface area contributed by atoms with Gasteiger partial charge >= 0.3 is 0 Å². The zero-order valence-electron chi connectivity index (χ0n) is 14.0. The number of aliphatic hydroxyl groups is 8. The molecule has 0 rings (SSSR count). The van der Waals surface area contributed by atoms with E-state index in [1.54, 1.807) is 0 Å². The van der Waals surface area contributed by atoms with Crippen molar-refractivity contribution in [3.8, 4) is 0 Å². The molecule has 8 N–H and O–H groups in total. The number of rotatable bonds is 10. The molecule has 0 aliphatic rings. The average Bonchev–Trinajstić information content (AvgIpc) is 2.62. The minimum Gasteiger partial charge on any atom is -0.547 e. The Labute approximate surface area is 180 Å². The Balaban J connectivity index is -0.000000451. The second kappa shape index (κ2) is 14.5. The first kappa shape index (κ1) is 32.2. The molecule has 0 aromatic carbocycles. The fraction of sp³-hybridized carbons (Fsp3) is 0.667. The van der Waals surface area contributed by atoms with Gasteiger partial charge in [-0.3, -0.25) is 0 Å². The summed E-state index contributed by atoms with van der Waals surface area (Å²) in [7, 11) is 0. The Morgan fingerprint density at radius 1 is 0.414 bits per heavy atom. The maximum Gasteiger partial charge on any atom is 0.122 e. The van der Waals surface area contributed by atoms with Crippen LogP contribution in [0.25, 0.3) is 0 Å². The first-order valence-corrected chi connectivity index (χ1v) is 6.85. The van der Waals surface area contributed by atoms with Gasteiger partial charge in [-0.05, 0) is 0 Å². The molecule has 0 spiro atoms. The number of carboxylic acid groups (broad SMARTS) is 4. The summed E-state index contributed by atoms with van der Waals surface area (Å²) < 4.78 is 0. The smallest absolute Gasteiger partial charge is 0.122 e. The Bertz CT molecular complexity index is 458. The molecule has 29 heavy (non-hydrogen) atoms. The van der Waals surface area contributed by atoms with E-state index in [4.69, 9.17) is 40.9 Å². The average molecular weight is 623 g/mol. The van der Waals surface area contributed by atoms with Gasteiger partial charge in [-0.15, -0.1) is 0 Å². The molecule has 0 saturated heterocycles. The van der Waals surface area contributed by atoms with Gasteiger partial charge in [-0.25, -0.2) is 0 Å². The van der Waals surface area contributed by atoms with Gasteiger partial charge in [0.2, 0.25) is 0 Å². The molecular weight excluding hydrogens is 607 g/mol. The van der Waals surface area contributed by atoms with Crippen LogP contribution in [0.5, 0.6) is 0 Å². The number of hydrogen-bond donors (Lipinski definition) is 8. The van der Waals surface area contributed by atoms with Crippen LogP contribution in [0.15, 0.2) is 0 Å². The van der Waals surface area contributed by atoms with E-state index in [9.17, 15) is 39.6 Å². The maximum atomic E-state index is 9.96.